The van der Waals surface area contributed by atoms with E-state index in [2.05, 4.69) is 6.07 Å². The van der Waals surface area contributed by atoms with E-state index in [-0.39, 0.29) is 23.6 Å². The van der Waals surface area contributed by atoms with Crippen molar-refractivity contribution in [3.63, 3.8) is 0 Å². The summed E-state index contributed by atoms with van der Waals surface area (Å²) in [5.74, 6) is 0.0187. The monoisotopic (exact) mass is 488 g/mol. The van der Waals surface area contributed by atoms with Crippen molar-refractivity contribution in [1.29, 1.82) is 5.26 Å². The Bertz CT molecular complexity index is 1350. The lowest BCUT2D eigenvalue weighted by Crippen LogP contribution is -2.27. The Morgan fingerprint density at radius 1 is 1.00 bits per heavy atom. The topological polar surface area (TPSA) is 79.6 Å². The molecule has 1 aliphatic rings. The maximum absolute atomic E-state index is 14.0. The van der Waals surface area contributed by atoms with Crippen LogP contribution in [-0.4, -0.2) is 22.7 Å². The van der Waals surface area contributed by atoms with Gasteiger partial charge < -0.3 is 9.47 Å². The number of halogens is 1. The number of ether oxygens (including phenoxy) is 2. The molecule has 1 fully saturated rings. The predicted octanol–water partition coefficient (Wildman–Crippen LogP) is 5.91. The second-order valence-corrected chi connectivity index (χ2v) is 8.55. The molecule has 0 N–H and O–H groups in total. The molecule has 0 aliphatic carbocycles. The largest absolute Gasteiger partial charge is 0.490 e. The molecular weight excluding hydrogens is 467 g/mol. The van der Waals surface area contributed by atoms with E-state index < -0.39 is 17.0 Å². The van der Waals surface area contributed by atoms with Gasteiger partial charge in [0.1, 0.15) is 12.4 Å². The average molecular weight is 489 g/mol. The van der Waals surface area contributed by atoms with Crippen LogP contribution in [0.25, 0.3) is 6.08 Å². The van der Waals surface area contributed by atoms with E-state index in [4.69, 9.17) is 9.47 Å². The minimum absolute atomic E-state index is 0.129. The summed E-state index contributed by atoms with van der Waals surface area (Å²) in [5, 5.41) is 8.82. The molecule has 6 nitrogen and oxygen atoms in total. The number of carbonyl (C=O) groups is 2. The molecule has 1 saturated heterocycles. The number of thioether (sulfide) groups is 1. The third-order valence-electron chi connectivity index (χ3n) is 5.25. The van der Waals surface area contributed by atoms with E-state index in [1.165, 1.54) is 6.07 Å². The van der Waals surface area contributed by atoms with Gasteiger partial charge >= 0.3 is 0 Å². The van der Waals surface area contributed by atoms with Crippen LogP contribution in [0.4, 0.5) is 9.18 Å². The van der Waals surface area contributed by atoms with Crippen molar-refractivity contribution in [2.75, 3.05) is 6.61 Å². The molecule has 0 atom stereocenters. The van der Waals surface area contributed by atoms with Crippen LogP contribution in [0.3, 0.4) is 0 Å². The Morgan fingerprint density at radius 2 is 1.74 bits per heavy atom. The smallest absolute Gasteiger partial charge is 0.293 e. The highest BCUT2D eigenvalue weighted by molar-refractivity contribution is 8.18. The lowest BCUT2D eigenvalue weighted by molar-refractivity contribution is -0.123. The number of hydrogen-bond acceptors (Lipinski definition) is 6. The van der Waals surface area contributed by atoms with Crippen molar-refractivity contribution < 1.29 is 23.5 Å². The summed E-state index contributed by atoms with van der Waals surface area (Å²) < 4.78 is 25.6. The van der Waals surface area contributed by atoms with Gasteiger partial charge in [-0.25, -0.2) is 4.39 Å². The Morgan fingerprint density at radius 3 is 2.49 bits per heavy atom. The van der Waals surface area contributed by atoms with E-state index in [1.54, 1.807) is 54.6 Å². The molecule has 176 valence electrons. The van der Waals surface area contributed by atoms with Gasteiger partial charge in [-0.05, 0) is 54.6 Å². The maximum atomic E-state index is 14.0. The SMILES string of the molecule is CCOc1cc(/C=C2\SC(=O)N(Cc3ccccc3F)C2=O)ccc1OCc1ccccc1C#N. The zero-order valence-corrected chi connectivity index (χ0v) is 19.7. The summed E-state index contributed by atoms with van der Waals surface area (Å²) in [6.45, 7) is 2.30. The lowest BCUT2D eigenvalue weighted by Gasteiger charge is -2.14. The van der Waals surface area contributed by atoms with Gasteiger partial charge in [-0.3, -0.25) is 14.5 Å². The molecule has 0 aromatic heterocycles. The molecule has 0 spiro atoms. The van der Waals surface area contributed by atoms with E-state index in [0.29, 0.717) is 29.2 Å². The van der Waals surface area contributed by atoms with Crippen molar-refractivity contribution in [2.24, 2.45) is 0 Å². The first-order valence-corrected chi connectivity index (χ1v) is 11.7. The summed E-state index contributed by atoms with van der Waals surface area (Å²) in [5.41, 5.74) is 2.21. The second-order valence-electron chi connectivity index (χ2n) is 7.56. The third kappa shape index (κ3) is 5.53. The Balaban J connectivity index is 1.53. The first-order valence-electron chi connectivity index (χ1n) is 10.9. The van der Waals surface area contributed by atoms with Crippen LogP contribution in [0, 0.1) is 17.1 Å². The zero-order valence-electron chi connectivity index (χ0n) is 18.9. The van der Waals surface area contributed by atoms with Gasteiger partial charge in [0, 0.05) is 11.1 Å². The van der Waals surface area contributed by atoms with Crippen LogP contribution in [0.15, 0.2) is 71.6 Å². The first-order chi connectivity index (χ1) is 17.0. The number of rotatable bonds is 8. The average Bonchev–Trinajstić information content (AvgIpc) is 3.12. The summed E-state index contributed by atoms with van der Waals surface area (Å²) in [6, 6.07) is 20.6. The molecule has 4 rings (SSSR count). The van der Waals surface area contributed by atoms with E-state index in [1.807, 2.05) is 19.1 Å². The van der Waals surface area contributed by atoms with Crippen LogP contribution in [-0.2, 0) is 17.9 Å². The van der Waals surface area contributed by atoms with E-state index in [9.17, 15) is 19.2 Å². The minimum atomic E-state index is -0.477. The highest BCUT2D eigenvalue weighted by Crippen LogP contribution is 2.36. The Kier molecular flexibility index (Phi) is 7.48. The van der Waals surface area contributed by atoms with E-state index in [0.717, 1.165) is 22.2 Å². The van der Waals surface area contributed by atoms with Crippen LogP contribution in [0.2, 0.25) is 0 Å². The molecule has 2 amide bonds. The number of amides is 2. The number of hydrogen-bond donors (Lipinski definition) is 0. The first kappa shape index (κ1) is 24.0. The van der Waals surface area contributed by atoms with Gasteiger partial charge in [-0.2, -0.15) is 5.26 Å². The summed E-state index contributed by atoms with van der Waals surface area (Å²) in [6.07, 6.45) is 1.60. The van der Waals surface area contributed by atoms with E-state index >= 15 is 0 Å². The number of nitrogens with zero attached hydrogens (tertiary/aromatic N) is 2. The minimum Gasteiger partial charge on any atom is -0.490 e. The fourth-order valence-electron chi connectivity index (χ4n) is 3.50. The number of carbonyl (C=O) groups excluding carboxylic acids is 2. The highest BCUT2D eigenvalue weighted by atomic mass is 32.2. The van der Waals surface area contributed by atoms with Crippen molar-refractivity contribution >= 4 is 29.0 Å². The predicted molar refractivity (Wildman–Crippen MR) is 131 cm³/mol. The summed E-state index contributed by atoms with van der Waals surface area (Å²) in [7, 11) is 0. The molecule has 3 aromatic rings. The normalized spacial score (nSPS) is 14.3. The molecule has 35 heavy (non-hydrogen) atoms. The Hall–Kier alpha value is -4.09. The number of nitriles is 1. The molecule has 0 bridgehead atoms. The van der Waals surface area contributed by atoms with Crippen molar-refractivity contribution in [2.45, 2.75) is 20.1 Å². The Labute approximate surface area is 206 Å². The molecule has 1 heterocycles. The van der Waals surface area contributed by atoms with Gasteiger partial charge in [0.05, 0.1) is 29.7 Å². The fraction of sp³-hybridized carbons (Fsp3) is 0.148. The molecule has 1 aliphatic heterocycles. The molecule has 0 unspecified atom stereocenters. The second kappa shape index (κ2) is 10.9. The quantitative estimate of drug-likeness (QED) is 0.367. The summed E-state index contributed by atoms with van der Waals surface area (Å²) in [4.78, 5) is 26.5. The van der Waals surface area contributed by atoms with Gasteiger partial charge in [0.2, 0.25) is 0 Å². The molecule has 3 aromatic carbocycles. The van der Waals surface area contributed by atoms with Crippen LogP contribution >= 0.6 is 11.8 Å². The standard InChI is InChI=1S/C27H21FN2O4S/c1-2-33-24-13-18(11-12-23(24)34-17-21-9-4-3-7-19(21)15-29)14-25-26(31)30(27(32)35-25)16-20-8-5-6-10-22(20)28/h3-14H,2,16-17H2,1H3/b25-14-. The van der Waals surface area contributed by atoms with Crippen LogP contribution < -0.4 is 9.47 Å². The van der Waals surface area contributed by atoms with Crippen molar-refractivity contribution in [3.05, 3.63) is 99.7 Å². The highest BCUT2D eigenvalue weighted by Gasteiger charge is 2.35. The van der Waals surface area contributed by atoms with Crippen molar-refractivity contribution in [1.82, 2.24) is 4.90 Å². The summed E-state index contributed by atoms with van der Waals surface area (Å²) >= 11 is 0.810. The van der Waals surface area contributed by atoms with Gasteiger partial charge in [0.15, 0.2) is 11.5 Å². The third-order valence-corrected chi connectivity index (χ3v) is 6.15. The molecular formula is C27H21FN2O4S. The molecule has 0 saturated carbocycles. The van der Waals surface area contributed by atoms with Crippen LogP contribution in [0.5, 0.6) is 11.5 Å². The van der Waals surface area contributed by atoms with Gasteiger partial charge in [-0.1, -0.05) is 42.5 Å². The number of benzene rings is 3. The fourth-order valence-corrected chi connectivity index (χ4v) is 4.34. The molecule has 0 radical (unpaired) electrons. The zero-order chi connectivity index (χ0) is 24.8. The lowest BCUT2D eigenvalue weighted by atomic mass is 10.1. The number of imide groups is 1. The maximum Gasteiger partial charge on any atom is 0.293 e. The van der Waals surface area contributed by atoms with Crippen LogP contribution in [0.1, 0.15) is 29.2 Å². The van der Waals surface area contributed by atoms with Gasteiger partial charge in [0.25, 0.3) is 11.1 Å². The van der Waals surface area contributed by atoms with Crippen molar-refractivity contribution in [3.8, 4) is 17.6 Å². The molecule has 8 heteroatoms. The van der Waals surface area contributed by atoms with Gasteiger partial charge in [-0.15, -0.1) is 0 Å².